The molecule has 1 aromatic rings. The summed E-state index contributed by atoms with van der Waals surface area (Å²) in [4.78, 5) is 13.3. The van der Waals surface area contributed by atoms with Gasteiger partial charge >= 0.3 is 0 Å². The first-order chi connectivity index (χ1) is 9.22. The van der Waals surface area contributed by atoms with Crippen molar-refractivity contribution in [3.8, 4) is 0 Å². The fourth-order valence-electron chi connectivity index (χ4n) is 2.52. The maximum atomic E-state index is 11.0. The van der Waals surface area contributed by atoms with E-state index in [2.05, 4.69) is 20.4 Å². The highest BCUT2D eigenvalue weighted by Crippen LogP contribution is 2.24. The van der Waals surface area contributed by atoms with Crippen molar-refractivity contribution in [1.29, 1.82) is 0 Å². The lowest BCUT2D eigenvalue weighted by Gasteiger charge is -2.36. The van der Waals surface area contributed by atoms with Gasteiger partial charge in [-0.1, -0.05) is 0 Å². The van der Waals surface area contributed by atoms with Crippen LogP contribution in [0.15, 0.2) is 12.1 Å². The number of carbonyl (C=O) groups excluding carboxylic acids is 1. The molecule has 1 saturated heterocycles. The zero-order valence-electron chi connectivity index (χ0n) is 11.3. The molecule has 1 atom stereocenters. The molecule has 0 radical (unpaired) electrons. The third-order valence-electron chi connectivity index (χ3n) is 3.55. The number of carbonyl (C=O) groups is 1. The first-order valence-electron chi connectivity index (χ1n) is 6.77. The van der Waals surface area contributed by atoms with Crippen LogP contribution in [0.2, 0.25) is 0 Å². The van der Waals surface area contributed by atoms with E-state index >= 15 is 0 Å². The number of hydrogen-bond acceptors (Lipinski definition) is 5. The molecule has 6 heteroatoms. The number of primary amides is 1. The molecule has 0 bridgehead atoms. The molecule has 1 aromatic heterocycles. The van der Waals surface area contributed by atoms with Crippen molar-refractivity contribution in [2.45, 2.75) is 31.7 Å². The molecule has 1 fully saturated rings. The summed E-state index contributed by atoms with van der Waals surface area (Å²) in [5.74, 6) is 0.301. The molecule has 1 unspecified atom stereocenters. The lowest BCUT2D eigenvalue weighted by molar-refractivity contribution is 0.0994. The van der Waals surface area contributed by atoms with Crippen LogP contribution in [-0.4, -0.2) is 42.3 Å². The third-order valence-corrected chi connectivity index (χ3v) is 3.55. The van der Waals surface area contributed by atoms with Crippen LogP contribution in [0.3, 0.4) is 0 Å². The van der Waals surface area contributed by atoms with Crippen molar-refractivity contribution in [1.82, 2.24) is 15.5 Å². The average Bonchev–Trinajstić information content (AvgIpc) is 2.45. The minimum absolute atomic E-state index is 0.215. The molecule has 2 heterocycles. The third kappa shape index (κ3) is 3.41. The minimum Gasteiger partial charge on any atom is -0.364 e. The second kappa shape index (κ2) is 6.47. The number of rotatable bonds is 5. The molecule has 0 spiro atoms. The summed E-state index contributed by atoms with van der Waals surface area (Å²) in [7, 11) is 1.97. The fraction of sp³-hybridized carbons (Fsp3) is 0.615. The van der Waals surface area contributed by atoms with E-state index in [9.17, 15) is 4.79 Å². The first-order valence-corrected chi connectivity index (χ1v) is 6.77. The number of hydrogen-bond donors (Lipinski definition) is 2. The summed E-state index contributed by atoms with van der Waals surface area (Å²) in [5, 5.41) is 11.2. The van der Waals surface area contributed by atoms with Gasteiger partial charge in [0.15, 0.2) is 11.5 Å². The molecule has 1 aliphatic rings. The van der Waals surface area contributed by atoms with Gasteiger partial charge in [-0.3, -0.25) is 4.79 Å². The van der Waals surface area contributed by atoms with Crippen LogP contribution in [0, 0.1) is 0 Å². The molecule has 2 rings (SSSR count). The van der Waals surface area contributed by atoms with Crippen LogP contribution in [0.25, 0.3) is 0 Å². The average molecular weight is 263 g/mol. The number of amides is 1. The molecule has 6 nitrogen and oxygen atoms in total. The zero-order valence-corrected chi connectivity index (χ0v) is 11.3. The first kappa shape index (κ1) is 13.7. The lowest BCUT2D eigenvalue weighted by atomic mass is 9.99. The Hall–Kier alpha value is -1.69. The number of nitrogens with one attached hydrogen (secondary N) is 1. The number of aromatic nitrogens is 2. The van der Waals surface area contributed by atoms with E-state index in [0.717, 1.165) is 25.3 Å². The van der Waals surface area contributed by atoms with Crippen molar-refractivity contribution < 1.29 is 4.79 Å². The topological polar surface area (TPSA) is 84.1 Å². The van der Waals surface area contributed by atoms with Crippen molar-refractivity contribution in [2.24, 2.45) is 5.73 Å². The van der Waals surface area contributed by atoms with Gasteiger partial charge in [0.25, 0.3) is 5.91 Å². The van der Waals surface area contributed by atoms with Crippen LogP contribution in [0.4, 0.5) is 5.82 Å². The van der Waals surface area contributed by atoms with Crippen molar-refractivity contribution in [2.75, 3.05) is 25.0 Å². The van der Waals surface area contributed by atoms with Crippen LogP contribution in [-0.2, 0) is 0 Å². The largest absolute Gasteiger partial charge is 0.364 e. The normalized spacial score (nSPS) is 19.4. The minimum atomic E-state index is -0.538. The number of nitrogens with two attached hydrogens (primary N) is 1. The van der Waals surface area contributed by atoms with Gasteiger partial charge in [-0.05, 0) is 51.4 Å². The molecule has 1 amide bonds. The van der Waals surface area contributed by atoms with Gasteiger partial charge in [-0.25, -0.2) is 0 Å². The molecule has 19 heavy (non-hydrogen) atoms. The highest BCUT2D eigenvalue weighted by molar-refractivity contribution is 5.90. The van der Waals surface area contributed by atoms with Crippen LogP contribution in [0.1, 0.15) is 36.2 Å². The van der Waals surface area contributed by atoms with Crippen LogP contribution in [0.5, 0.6) is 0 Å². The summed E-state index contributed by atoms with van der Waals surface area (Å²) >= 11 is 0. The van der Waals surface area contributed by atoms with Gasteiger partial charge in [0.05, 0.1) is 0 Å². The van der Waals surface area contributed by atoms with E-state index in [-0.39, 0.29) is 5.69 Å². The molecular weight excluding hydrogens is 242 g/mol. The highest BCUT2D eigenvalue weighted by Gasteiger charge is 2.23. The Morgan fingerprint density at radius 1 is 1.47 bits per heavy atom. The Balaban J connectivity index is 2.10. The van der Waals surface area contributed by atoms with Gasteiger partial charge in [-0.15, -0.1) is 10.2 Å². The Morgan fingerprint density at radius 2 is 2.32 bits per heavy atom. The summed E-state index contributed by atoms with van der Waals surface area (Å²) < 4.78 is 0. The molecule has 104 valence electrons. The Labute approximate surface area is 113 Å². The Kier molecular flexibility index (Phi) is 4.68. The van der Waals surface area contributed by atoms with Crippen molar-refractivity contribution in [3.63, 3.8) is 0 Å². The van der Waals surface area contributed by atoms with Crippen molar-refractivity contribution in [3.05, 3.63) is 17.8 Å². The number of nitrogens with zero attached hydrogens (tertiary/aromatic N) is 3. The quantitative estimate of drug-likeness (QED) is 0.810. The second-order valence-corrected chi connectivity index (χ2v) is 4.88. The summed E-state index contributed by atoms with van der Waals surface area (Å²) in [5.41, 5.74) is 5.39. The standard InChI is InChI=1S/C13H21N5O/c1-15-8-7-10-4-2-3-9-18(10)12-6-5-11(13(14)19)16-17-12/h5-6,10,15H,2-4,7-9H2,1H3,(H2,14,19). The molecule has 3 N–H and O–H groups in total. The maximum Gasteiger partial charge on any atom is 0.269 e. The van der Waals surface area contributed by atoms with E-state index in [4.69, 9.17) is 5.73 Å². The Bertz CT molecular complexity index is 420. The van der Waals surface area contributed by atoms with Gasteiger partial charge < -0.3 is 16.0 Å². The number of anilines is 1. The lowest BCUT2D eigenvalue weighted by Crippen LogP contribution is -2.41. The predicted molar refractivity (Wildman–Crippen MR) is 74.1 cm³/mol. The molecular formula is C13H21N5O. The summed E-state index contributed by atoms with van der Waals surface area (Å²) in [6, 6.07) is 3.98. The summed E-state index contributed by atoms with van der Waals surface area (Å²) in [6.07, 6.45) is 4.71. The van der Waals surface area contributed by atoms with E-state index in [0.29, 0.717) is 6.04 Å². The zero-order chi connectivity index (χ0) is 13.7. The molecule has 0 aliphatic carbocycles. The second-order valence-electron chi connectivity index (χ2n) is 4.88. The Morgan fingerprint density at radius 3 is 2.95 bits per heavy atom. The van der Waals surface area contributed by atoms with Gasteiger partial charge in [0, 0.05) is 12.6 Å². The van der Waals surface area contributed by atoms with E-state index in [1.165, 1.54) is 19.3 Å². The van der Waals surface area contributed by atoms with Crippen molar-refractivity contribution >= 4 is 11.7 Å². The summed E-state index contributed by atoms with van der Waals surface area (Å²) in [6.45, 7) is 1.99. The smallest absolute Gasteiger partial charge is 0.269 e. The van der Waals surface area contributed by atoms with Gasteiger partial charge in [0.2, 0.25) is 0 Å². The van der Waals surface area contributed by atoms with Gasteiger partial charge in [-0.2, -0.15) is 0 Å². The van der Waals surface area contributed by atoms with Crippen LogP contribution < -0.4 is 16.0 Å². The molecule has 0 aromatic carbocycles. The highest BCUT2D eigenvalue weighted by atomic mass is 16.1. The van der Waals surface area contributed by atoms with E-state index in [1.54, 1.807) is 6.07 Å². The fourth-order valence-corrected chi connectivity index (χ4v) is 2.52. The molecule has 1 aliphatic heterocycles. The van der Waals surface area contributed by atoms with E-state index in [1.807, 2.05) is 13.1 Å². The van der Waals surface area contributed by atoms with Crippen LogP contribution >= 0.6 is 0 Å². The maximum absolute atomic E-state index is 11.0. The van der Waals surface area contributed by atoms with Gasteiger partial charge in [0.1, 0.15) is 0 Å². The molecule has 0 saturated carbocycles. The number of piperidine rings is 1. The van der Waals surface area contributed by atoms with E-state index < -0.39 is 5.91 Å². The predicted octanol–water partition coefficient (Wildman–Crippen LogP) is 0.544. The monoisotopic (exact) mass is 263 g/mol. The SMILES string of the molecule is CNCCC1CCCCN1c1ccc(C(N)=O)nn1.